The average molecular weight is 464 g/mol. The number of methoxy groups -OCH3 is 1. The summed E-state index contributed by atoms with van der Waals surface area (Å²) in [6.07, 6.45) is 4.17. The van der Waals surface area contributed by atoms with Gasteiger partial charge in [0.1, 0.15) is 17.3 Å². The zero-order valence-electron chi connectivity index (χ0n) is 18.3. The molecule has 0 saturated carbocycles. The van der Waals surface area contributed by atoms with Crippen LogP contribution in [0.3, 0.4) is 0 Å². The van der Waals surface area contributed by atoms with Crippen molar-refractivity contribution < 1.29 is 9.47 Å². The maximum Gasteiger partial charge on any atom is 0.139 e. The minimum Gasteiger partial charge on any atom is -0.496 e. The first-order valence-electron chi connectivity index (χ1n) is 10.5. The van der Waals surface area contributed by atoms with E-state index in [2.05, 4.69) is 44.3 Å². The molecule has 2 aliphatic rings. The van der Waals surface area contributed by atoms with Crippen molar-refractivity contribution in [2.24, 2.45) is 0 Å². The van der Waals surface area contributed by atoms with Crippen LogP contribution in [0.5, 0.6) is 11.5 Å². The van der Waals surface area contributed by atoms with Gasteiger partial charge in [-0.05, 0) is 62.8 Å². The number of halogens is 2. The molecule has 2 aliphatic heterocycles. The fraction of sp³-hybridized carbons (Fsp3) is 0.185. The first-order chi connectivity index (χ1) is 15.3. The second kappa shape index (κ2) is 7.61. The lowest BCUT2D eigenvalue weighted by atomic mass is 9.83. The van der Waals surface area contributed by atoms with Crippen LogP contribution in [-0.2, 0) is 0 Å². The average Bonchev–Trinajstić information content (AvgIpc) is 2.74. The summed E-state index contributed by atoms with van der Waals surface area (Å²) in [4.78, 5) is 0. The van der Waals surface area contributed by atoms with Gasteiger partial charge in [-0.15, -0.1) is 0 Å². The number of hydrogen-bond donors (Lipinski definition) is 1. The number of allylic oxidation sites excluding steroid dienone is 1. The molecule has 0 aromatic heterocycles. The van der Waals surface area contributed by atoms with Gasteiger partial charge in [0.15, 0.2) is 0 Å². The largest absolute Gasteiger partial charge is 0.496 e. The summed E-state index contributed by atoms with van der Waals surface area (Å²) in [7, 11) is 1.68. The van der Waals surface area contributed by atoms with Gasteiger partial charge in [-0.3, -0.25) is 0 Å². The van der Waals surface area contributed by atoms with E-state index in [1.807, 2.05) is 42.5 Å². The van der Waals surface area contributed by atoms with E-state index in [-0.39, 0.29) is 5.54 Å². The molecule has 32 heavy (non-hydrogen) atoms. The smallest absolute Gasteiger partial charge is 0.139 e. The summed E-state index contributed by atoms with van der Waals surface area (Å²) in [5.74, 6) is 2.20. The molecule has 0 bridgehead atoms. The maximum absolute atomic E-state index is 6.50. The Kier molecular flexibility index (Phi) is 4.99. The molecule has 0 atom stereocenters. The molecule has 0 saturated heterocycles. The van der Waals surface area contributed by atoms with E-state index in [1.54, 1.807) is 7.11 Å². The number of rotatable bonds is 2. The third-order valence-corrected chi connectivity index (χ3v) is 6.51. The Morgan fingerprint density at radius 3 is 2.38 bits per heavy atom. The normalized spacial score (nSPS) is 16.8. The minimum atomic E-state index is -0.146. The lowest BCUT2D eigenvalue weighted by Crippen LogP contribution is -2.32. The molecular weight excluding hydrogens is 441 g/mol. The summed E-state index contributed by atoms with van der Waals surface area (Å²) in [5, 5.41) is 4.78. The van der Waals surface area contributed by atoms with Gasteiger partial charge in [0.2, 0.25) is 0 Å². The Bertz CT molecular complexity index is 1300. The topological polar surface area (TPSA) is 30.5 Å². The molecule has 3 aromatic carbocycles. The van der Waals surface area contributed by atoms with Crippen LogP contribution in [0.2, 0.25) is 10.0 Å². The van der Waals surface area contributed by atoms with Gasteiger partial charge in [0.05, 0.1) is 18.2 Å². The van der Waals surface area contributed by atoms with Crippen LogP contribution in [0.25, 0.3) is 28.5 Å². The molecule has 5 heteroatoms. The monoisotopic (exact) mass is 463 g/mol. The van der Waals surface area contributed by atoms with Gasteiger partial charge < -0.3 is 14.8 Å². The third kappa shape index (κ3) is 3.37. The van der Waals surface area contributed by atoms with E-state index in [9.17, 15) is 0 Å². The summed E-state index contributed by atoms with van der Waals surface area (Å²) < 4.78 is 12.2. The summed E-state index contributed by atoms with van der Waals surface area (Å²) in [6, 6.07) is 15.6. The predicted molar refractivity (Wildman–Crippen MR) is 135 cm³/mol. The number of fused-ring (bicyclic) bond motifs is 5. The van der Waals surface area contributed by atoms with Crippen LogP contribution in [0.1, 0.15) is 37.5 Å². The summed E-state index contributed by atoms with van der Waals surface area (Å²) in [5.41, 5.74) is 6.91. The zero-order chi connectivity index (χ0) is 22.6. The Balaban J connectivity index is 1.85. The van der Waals surface area contributed by atoms with Crippen molar-refractivity contribution in [1.82, 2.24) is 0 Å². The number of nitrogens with one attached hydrogen (secondary N) is 1. The van der Waals surface area contributed by atoms with Crippen LogP contribution >= 0.6 is 23.2 Å². The van der Waals surface area contributed by atoms with Crippen molar-refractivity contribution in [1.29, 1.82) is 0 Å². The van der Waals surface area contributed by atoms with Crippen LogP contribution < -0.4 is 14.8 Å². The second-order valence-corrected chi connectivity index (χ2v) is 9.48. The number of anilines is 1. The molecular formula is C27H23Cl2NO2. The molecule has 0 aliphatic carbocycles. The van der Waals surface area contributed by atoms with E-state index in [0.29, 0.717) is 15.8 Å². The lowest BCUT2D eigenvalue weighted by molar-refractivity contribution is 0.412. The highest BCUT2D eigenvalue weighted by Crippen LogP contribution is 2.52. The van der Waals surface area contributed by atoms with Gasteiger partial charge in [-0.25, -0.2) is 0 Å². The molecule has 5 rings (SSSR count). The number of hydrogen-bond acceptors (Lipinski definition) is 3. The van der Waals surface area contributed by atoms with Gasteiger partial charge in [0, 0.05) is 38.0 Å². The molecule has 0 amide bonds. The Morgan fingerprint density at radius 2 is 1.66 bits per heavy atom. The highest BCUT2D eigenvalue weighted by atomic mass is 35.5. The fourth-order valence-corrected chi connectivity index (χ4v) is 5.17. The predicted octanol–water partition coefficient (Wildman–Crippen LogP) is 8.17. The molecule has 3 nitrogen and oxygen atoms in total. The SMILES string of the molecule is COc1cccc2c1-c1ccc3c(c1C(=Cc1c(Cl)cccc1Cl)O2)C(C)=CC(C)(C)N3. The van der Waals surface area contributed by atoms with Gasteiger partial charge in [-0.2, -0.15) is 0 Å². The standard InChI is InChI=1S/C27H23Cl2NO2/c1-15-14-27(2,3)30-20-12-11-16-25-21(31-4)9-6-10-22(25)32-23(26(16)24(15)20)13-17-18(28)7-5-8-19(17)29/h5-14,30H,1-4H3. The lowest BCUT2D eigenvalue weighted by Gasteiger charge is -2.35. The first-order valence-corrected chi connectivity index (χ1v) is 11.2. The van der Waals surface area contributed by atoms with Gasteiger partial charge in [0.25, 0.3) is 0 Å². The zero-order valence-corrected chi connectivity index (χ0v) is 19.9. The highest BCUT2D eigenvalue weighted by Gasteiger charge is 2.32. The molecule has 0 spiro atoms. The van der Waals surface area contributed by atoms with E-state index in [4.69, 9.17) is 32.7 Å². The van der Waals surface area contributed by atoms with Crippen molar-refractivity contribution in [3.05, 3.63) is 81.3 Å². The van der Waals surface area contributed by atoms with Gasteiger partial charge >= 0.3 is 0 Å². The third-order valence-electron chi connectivity index (χ3n) is 5.85. The molecule has 1 N–H and O–H groups in total. The first kappa shape index (κ1) is 21.0. The minimum absolute atomic E-state index is 0.146. The molecule has 0 unspecified atom stereocenters. The van der Waals surface area contributed by atoms with Crippen molar-refractivity contribution in [3.8, 4) is 22.6 Å². The van der Waals surface area contributed by atoms with Crippen LogP contribution in [-0.4, -0.2) is 12.6 Å². The second-order valence-electron chi connectivity index (χ2n) is 8.66. The molecule has 3 aromatic rings. The Labute approximate surface area is 198 Å². The Hall–Kier alpha value is -2.88. The fourth-order valence-electron chi connectivity index (χ4n) is 4.66. The molecule has 162 valence electrons. The van der Waals surface area contributed by atoms with E-state index < -0.39 is 0 Å². The summed E-state index contributed by atoms with van der Waals surface area (Å²) in [6.45, 7) is 6.46. The highest BCUT2D eigenvalue weighted by molar-refractivity contribution is 6.37. The van der Waals surface area contributed by atoms with Crippen LogP contribution in [0.15, 0.2) is 54.6 Å². The van der Waals surface area contributed by atoms with E-state index >= 15 is 0 Å². The molecule has 2 heterocycles. The van der Waals surface area contributed by atoms with Crippen molar-refractivity contribution >= 4 is 46.3 Å². The van der Waals surface area contributed by atoms with Crippen molar-refractivity contribution in [2.45, 2.75) is 26.3 Å². The molecule has 0 fully saturated rings. The summed E-state index contributed by atoms with van der Waals surface area (Å²) >= 11 is 13.0. The molecule has 0 radical (unpaired) electrons. The maximum atomic E-state index is 6.50. The van der Waals surface area contributed by atoms with Crippen LogP contribution in [0.4, 0.5) is 5.69 Å². The van der Waals surface area contributed by atoms with E-state index in [0.717, 1.165) is 45.0 Å². The number of benzene rings is 3. The van der Waals surface area contributed by atoms with Gasteiger partial charge in [-0.1, -0.05) is 47.5 Å². The Morgan fingerprint density at radius 1 is 0.938 bits per heavy atom. The quantitative estimate of drug-likeness (QED) is 0.415. The van der Waals surface area contributed by atoms with E-state index in [1.165, 1.54) is 5.57 Å². The van der Waals surface area contributed by atoms with Crippen molar-refractivity contribution in [2.75, 3.05) is 12.4 Å². The van der Waals surface area contributed by atoms with Crippen LogP contribution in [0, 0.1) is 0 Å². The van der Waals surface area contributed by atoms with Crippen molar-refractivity contribution in [3.63, 3.8) is 0 Å². The number of ether oxygens (including phenoxy) is 2.